The molecule has 8 nitrogen and oxygen atoms in total. The Kier molecular flexibility index (Phi) is 16.7. The molecule has 0 rings (SSSR count). The highest BCUT2D eigenvalue weighted by Gasteiger charge is 2.06. The quantitative estimate of drug-likeness (QED) is 0.187. The fourth-order valence-electron chi connectivity index (χ4n) is 1.50. The second kappa shape index (κ2) is 17.8. The van der Waals surface area contributed by atoms with Gasteiger partial charge in [0.15, 0.2) is 0 Å². The summed E-state index contributed by atoms with van der Waals surface area (Å²) in [5.74, 6) is 0. The minimum absolute atomic E-state index is 0.268. The average molecular weight is 350 g/mol. The van der Waals surface area contributed by atoms with Crippen LogP contribution in [0.2, 0.25) is 0 Å². The zero-order chi connectivity index (χ0) is 17.9. The predicted molar refractivity (Wildman–Crippen MR) is 85.1 cm³/mol. The molecule has 0 fully saturated rings. The highest BCUT2D eigenvalue weighted by Crippen LogP contribution is 2.02. The lowest BCUT2D eigenvalue weighted by atomic mass is 10.2. The summed E-state index contributed by atoms with van der Waals surface area (Å²) >= 11 is 0. The van der Waals surface area contributed by atoms with Crippen LogP contribution in [0.15, 0.2) is 0 Å². The van der Waals surface area contributed by atoms with Crippen LogP contribution in [0.25, 0.3) is 0 Å². The first kappa shape index (κ1) is 22.5. The molecule has 0 aromatic rings. The summed E-state index contributed by atoms with van der Waals surface area (Å²) in [5.41, 5.74) is 0. The van der Waals surface area contributed by atoms with Crippen molar-refractivity contribution in [3.63, 3.8) is 0 Å². The predicted octanol–water partition coefficient (Wildman–Crippen LogP) is 4.32. The van der Waals surface area contributed by atoms with Crippen molar-refractivity contribution < 1.29 is 38.6 Å². The highest BCUT2D eigenvalue weighted by atomic mass is 17.2. The van der Waals surface area contributed by atoms with Gasteiger partial charge in [0.25, 0.3) is 0 Å². The molecule has 8 heteroatoms. The molecular formula is C16H30O8. The van der Waals surface area contributed by atoms with Crippen molar-refractivity contribution in [2.45, 2.75) is 65.2 Å². The Balaban J connectivity index is 3.24. The van der Waals surface area contributed by atoms with E-state index in [2.05, 4.69) is 19.6 Å². The fourth-order valence-corrected chi connectivity index (χ4v) is 1.50. The van der Waals surface area contributed by atoms with Gasteiger partial charge in [-0.15, -0.1) is 0 Å². The van der Waals surface area contributed by atoms with Crippen LogP contribution in [-0.2, 0) is 29.0 Å². The molecule has 0 saturated heterocycles. The lowest BCUT2D eigenvalue weighted by molar-refractivity contribution is -0.255. The topological polar surface area (TPSA) is 89.5 Å². The van der Waals surface area contributed by atoms with Gasteiger partial charge in [0.1, 0.15) is 0 Å². The van der Waals surface area contributed by atoms with Crippen LogP contribution in [0.3, 0.4) is 0 Å². The number of ether oxygens (including phenoxy) is 2. The van der Waals surface area contributed by atoms with Crippen molar-refractivity contribution in [2.75, 3.05) is 26.4 Å². The lowest BCUT2D eigenvalue weighted by Crippen LogP contribution is -2.10. The summed E-state index contributed by atoms with van der Waals surface area (Å²) in [6.45, 7) is 5.30. The maximum atomic E-state index is 11.1. The van der Waals surface area contributed by atoms with Gasteiger partial charge < -0.3 is 9.47 Å². The van der Waals surface area contributed by atoms with E-state index in [-0.39, 0.29) is 13.2 Å². The van der Waals surface area contributed by atoms with Gasteiger partial charge in [-0.3, -0.25) is 9.78 Å². The van der Waals surface area contributed by atoms with Gasteiger partial charge in [0, 0.05) is 0 Å². The van der Waals surface area contributed by atoms with Crippen molar-refractivity contribution in [2.24, 2.45) is 0 Å². The number of hydrogen-bond donors (Lipinski definition) is 0. The molecule has 0 bridgehead atoms. The molecule has 0 amide bonds. The van der Waals surface area contributed by atoms with Crippen LogP contribution in [0.5, 0.6) is 0 Å². The Morgan fingerprint density at radius 3 is 1.38 bits per heavy atom. The molecule has 0 aromatic heterocycles. The number of hydrogen-bond acceptors (Lipinski definition) is 8. The maximum absolute atomic E-state index is 11.1. The highest BCUT2D eigenvalue weighted by molar-refractivity contribution is 5.59. The van der Waals surface area contributed by atoms with E-state index in [1.807, 2.05) is 13.8 Å². The third-order valence-electron chi connectivity index (χ3n) is 2.89. The van der Waals surface area contributed by atoms with E-state index in [1.54, 1.807) is 0 Å². The summed E-state index contributed by atoms with van der Waals surface area (Å²) in [5, 5.41) is 0. The second-order valence-electron chi connectivity index (χ2n) is 5.13. The van der Waals surface area contributed by atoms with Crippen molar-refractivity contribution in [1.82, 2.24) is 0 Å². The normalized spacial score (nSPS) is 10.2. The summed E-state index contributed by atoms with van der Waals surface area (Å²) in [6, 6.07) is 0. The zero-order valence-electron chi connectivity index (χ0n) is 14.8. The minimum atomic E-state index is -0.819. The van der Waals surface area contributed by atoms with Crippen molar-refractivity contribution in [1.29, 1.82) is 0 Å². The van der Waals surface area contributed by atoms with Gasteiger partial charge in [-0.1, -0.05) is 26.7 Å². The Hall–Kier alpha value is -1.54. The van der Waals surface area contributed by atoms with Crippen molar-refractivity contribution in [3.8, 4) is 0 Å². The molecule has 0 heterocycles. The van der Waals surface area contributed by atoms with Crippen LogP contribution >= 0.6 is 0 Å². The van der Waals surface area contributed by atoms with E-state index >= 15 is 0 Å². The summed E-state index contributed by atoms with van der Waals surface area (Å²) in [4.78, 5) is 40.3. The van der Waals surface area contributed by atoms with Gasteiger partial charge in [-0.2, -0.15) is 9.78 Å². The molecule has 142 valence electrons. The van der Waals surface area contributed by atoms with Gasteiger partial charge >= 0.3 is 12.3 Å². The third kappa shape index (κ3) is 16.8. The fraction of sp³-hybridized carbons (Fsp3) is 0.875. The monoisotopic (exact) mass is 350 g/mol. The molecule has 0 aliphatic rings. The van der Waals surface area contributed by atoms with Crippen LogP contribution < -0.4 is 0 Å². The summed E-state index contributed by atoms with van der Waals surface area (Å²) in [6.07, 6.45) is 5.04. The van der Waals surface area contributed by atoms with Crippen molar-refractivity contribution in [3.05, 3.63) is 0 Å². The molecular weight excluding hydrogens is 320 g/mol. The molecule has 0 atom stereocenters. The average Bonchev–Trinajstić information content (AvgIpc) is 2.58. The molecule has 0 aliphatic heterocycles. The summed E-state index contributed by atoms with van der Waals surface area (Å²) in [7, 11) is 0. The lowest BCUT2D eigenvalue weighted by Gasteiger charge is -2.06. The SMILES string of the molecule is CCCCOOC(=O)OCCCCCCOC(=O)OOCCCC. The molecule has 0 radical (unpaired) electrons. The van der Waals surface area contributed by atoms with E-state index in [1.165, 1.54) is 0 Å². The van der Waals surface area contributed by atoms with Crippen molar-refractivity contribution >= 4 is 12.3 Å². The number of carbonyl (C=O) groups is 2. The maximum Gasteiger partial charge on any atom is 0.540 e. The first-order valence-electron chi connectivity index (χ1n) is 8.63. The van der Waals surface area contributed by atoms with E-state index in [9.17, 15) is 9.59 Å². The first-order chi connectivity index (χ1) is 11.7. The molecule has 0 spiro atoms. The summed E-state index contributed by atoms with van der Waals surface area (Å²) < 4.78 is 9.65. The standard InChI is InChI=1S/C16H30O8/c1-3-5-13-21-23-15(17)19-11-9-7-8-10-12-20-16(18)24-22-14-6-4-2/h3-14H2,1-2H3. The molecule has 0 aromatic carbocycles. The molecule has 0 saturated carbocycles. The van der Waals surface area contributed by atoms with E-state index in [4.69, 9.17) is 9.47 Å². The van der Waals surface area contributed by atoms with Crippen LogP contribution in [0.1, 0.15) is 65.2 Å². The van der Waals surface area contributed by atoms with Crippen LogP contribution in [-0.4, -0.2) is 38.7 Å². The van der Waals surface area contributed by atoms with Crippen LogP contribution in [0.4, 0.5) is 9.59 Å². The molecule has 0 N–H and O–H groups in total. The molecule has 0 aliphatic carbocycles. The Morgan fingerprint density at radius 2 is 1.00 bits per heavy atom. The largest absolute Gasteiger partial charge is 0.540 e. The third-order valence-corrected chi connectivity index (χ3v) is 2.89. The number of rotatable bonds is 15. The van der Waals surface area contributed by atoms with Gasteiger partial charge in [0.05, 0.1) is 26.4 Å². The van der Waals surface area contributed by atoms with E-state index in [0.29, 0.717) is 26.1 Å². The van der Waals surface area contributed by atoms with Gasteiger partial charge in [-0.05, 0) is 38.5 Å². The van der Waals surface area contributed by atoms with Gasteiger partial charge in [-0.25, -0.2) is 9.59 Å². The first-order valence-corrected chi connectivity index (χ1v) is 8.63. The molecule has 24 heavy (non-hydrogen) atoms. The van der Waals surface area contributed by atoms with Crippen LogP contribution in [0, 0.1) is 0 Å². The van der Waals surface area contributed by atoms with E-state index < -0.39 is 12.3 Å². The minimum Gasteiger partial charge on any atom is -0.432 e. The van der Waals surface area contributed by atoms with E-state index in [0.717, 1.165) is 38.5 Å². The number of unbranched alkanes of at least 4 members (excludes halogenated alkanes) is 5. The zero-order valence-corrected chi connectivity index (χ0v) is 14.8. The van der Waals surface area contributed by atoms with Gasteiger partial charge in [0.2, 0.25) is 0 Å². The Bertz CT molecular complexity index is 278. The second-order valence-corrected chi connectivity index (χ2v) is 5.13. The smallest absolute Gasteiger partial charge is 0.432 e. The Labute approximate surface area is 143 Å². The Morgan fingerprint density at radius 1 is 0.583 bits per heavy atom. The number of carbonyl (C=O) groups excluding carboxylic acids is 2. The molecule has 0 unspecified atom stereocenters.